The summed E-state index contributed by atoms with van der Waals surface area (Å²) in [4.78, 5) is 53.0. The zero-order valence-corrected chi connectivity index (χ0v) is 21.2. The van der Waals surface area contributed by atoms with Crippen LogP contribution in [-0.2, 0) is 14.4 Å². The minimum absolute atomic E-state index is 0.00963. The van der Waals surface area contributed by atoms with Gasteiger partial charge in [-0.3, -0.25) is 24.6 Å². The molecule has 1 heterocycles. The van der Waals surface area contributed by atoms with E-state index >= 15 is 0 Å². The molecule has 3 aromatic carbocycles. The lowest BCUT2D eigenvalue weighted by atomic mass is 10.2. The van der Waals surface area contributed by atoms with Crippen LogP contribution in [0.3, 0.4) is 0 Å². The van der Waals surface area contributed by atoms with Gasteiger partial charge in [0.25, 0.3) is 11.8 Å². The Morgan fingerprint density at radius 2 is 1.58 bits per heavy atom. The lowest BCUT2D eigenvalue weighted by Crippen LogP contribution is -2.54. The number of nitrogens with one attached hydrogen (secondary N) is 1. The van der Waals surface area contributed by atoms with Crippen LogP contribution in [0.5, 0.6) is 23.0 Å². The van der Waals surface area contributed by atoms with Gasteiger partial charge in [0, 0.05) is 12.0 Å². The van der Waals surface area contributed by atoms with Crippen molar-refractivity contribution in [3.05, 3.63) is 78.4 Å². The van der Waals surface area contributed by atoms with Gasteiger partial charge in [-0.25, -0.2) is 9.91 Å². The van der Waals surface area contributed by atoms with Crippen molar-refractivity contribution in [3.8, 4) is 23.0 Å². The number of amides is 4. The van der Waals surface area contributed by atoms with Crippen molar-refractivity contribution in [1.82, 2.24) is 10.4 Å². The molecule has 1 aliphatic rings. The van der Waals surface area contributed by atoms with Crippen LogP contribution in [0.4, 0.5) is 5.69 Å². The van der Waals surface area contributed by atoms with Crippen molar-refractivity contribution >= 4 is 29.3 Å². The lowest BCUT2D eigenvalue weighted by Gasteiger charge is -2.27. The molecule has 4 amide bonds. The first-order valence-corrected chi connectivity index (χ1v) is 11.9. The van der Waals surface area contributed by atoms with Gasteiger partial charge in [-0.2, -0.15) is 0 Å². The Kier molecular flexibility index (Phi) is 7.91. The van der Waals surface area contributed by atoms with Gasteiger partial charge >= 0.3 is 0 Å². The largest absolute Gasteiger partial charge is 0.493 e. The Balaban J connectivity index is 1.52. The predicted octanol–water partition coefficient (Wildman–Crippen LogP) is 3.71. The van der Waals surface area contributed by atoms with E-state index in [0.717, 1.165) is 9.91 Å². The van der Waals surface area contributed by atoms with Crippen molar-refractivity contribution in [2.24, 2.45) is 0 Å². The lowest BCUT2D eigenvalue weighted by molar-refractivity contribution is -0.140. The summed E-state index contributed by atoms with van der Waals surface area (Å²) in [6, 6.07) is 19.0. The summed E-state index contributed by atoms with van der Waals surface area (Å²) in [6.07, 6.45) is -0.269. The number of hydrogen-bond acceptors (Lipinski definition) is 7. The molecule has 1 saturated heterocycles. The fraction of sp³-hybridized carbons (Fsp3) is 0.214. The maximum absolute atomic E-state index is 13.3. The number of benzene rings is 3. The van der Waals surface area contributed by atoms with Crippen LogP contribution >= 0.6 is 0 Å². The number of nitrogens with zero attached hydrogens (tertiary/aromatic N) is 2. The standard InChI is InChI=1S/C28H27N3O7/c1-4-25(32)31(29-27(34)18-10-15-23(36-2)24(16-18)37-3)22-17-26(33)30(28(22)35)19-11-13-21(14-12-19)38-20-8-6-5-7-9-20/h5-16,22H,4,17H2,1-3H3,(H,29,34). The van der Waals surface area contributed by atoms with Gasteiger partial charge in [-0.05, 0) is 54.6 Å². The quantitative estimate of drug-likeness (QED) is 0.358. The minimum Gasteiger partial charge on any atom is -0.493 e. The molecule has 4 rings (SSSR count). The number of para-hydroxylation sites is 1. The van der Waals surface area contributed by atoms with Gasteiger partial charge in [0.15, 0.2) is 11.5 Å². The van der Waals surface area contributed by atoms with E-state index in [2.05, 4.69) is 5.43 Å². The normalized spacial score (nSPS) is 14.7. The first kappa shape index (κ1) is 26.2. The second kappa shape index (κ2) is 11.5. The highest BCUT2D eigenvalue weighted by atomic mass is 16.5. The molecule has 0 saturated carbocycles. The molecule has 38 heavy (non-hydrogen) atoms. The van der Waals surface area contributed by atoms with E-state index in [1.54, 1.807) is 37.3 Å². The molecule has 3 aromatic rings. The number of methoxy groups -OCH3 is 2. The highest BCUT2D eigenvalue weighted by Gasteiger charge is 2.45. The molecule has 0 aromatic heterocycles. The van der Waals surface area contributed by atoms with Crippen molar-refractivity contribution in [3.63, 3.8) is 0 Å². The van der Waals surface area contributed by atoms with Crippen LogP contribution in [0.1, 0.15) is 30.1 Å². The SMILES string of the molecule is CCC(=O)N(NC(=O)c1ccc(OC)c(OC)c1)C1CC(=O)N(c2ccc(Oc3ccccc3)cc2)C1=O. The number of ether oxygens (including phenoxy) is 3. The van der Waals surface area contributed by atoms with Crippen LogP contribution in [0, 0.1) is 0 Å². The molecule has 1 fully saturated rings. The zero-order chi connectivity index (χ0) is 27.2. The van der Waals surface area contributed by atoms with E-state index in [0.29, 0.717) is 28.7 Å². The number of hydrazine groups is 1. The smallest absolute Gasteiger partial charge is 0.270 e. The summed E-state index contributed by atoms with van der Waals surface area (Å²) in [6.45, 7) is 1.60. The maximum Gasteiger partial charge on any atom is 0.270 e. The van der Waals surface area contributed by atoms with Crippen LogP contribution in [0.15, 0.2) is 72.8 Å². The third-order valence-corrected chi connectivity index (χ3v) is 5.95. The molecule has 1 N–H and O–H groups in total. The molecule has 0 spiro atoms. The number of anilines is 1. The average molecular weight is 518 g/mol. The average Bonchev–Trinajstić information content (AvgIpc) is 3.24. The highest BCUT2D eigenvalue weighted by Crippen LogP contribution is 2.30. The van der Waals surface area contributed by atoms with Crippen molar-refractivity contribution < 1.29 is 33.4 Å². The molecule has 0 radical (unpaired) electrons. The Morgan fingerprint density at radius 1 is 0.921 bits per heavy atom. The summed E-state index contributed by atoms with van der Waals surface area (Å²) in [7, 11) is 2.90. The number of hydrogen-bond donors (Lipinski definition) is 1. The summed E-state index contributed by atoms with van der Waals surface area (Å²) < 4.78 is 16.2. The topological polar surface area (TPSA) is 114 Å². The van der Waals surface area contributed by atoms with Gasteiger partial charge in [0.05, 0.1) is 26.3 Å². The molecule has 10 nitrogen and oxygen atoms in total. The third kappa shape index (κ3) is 5.44. The Labute approximate surface area is 219 Å². The monoisotopic (exact) mass is 517 g/mol. The molecule has 0 bridgehead atoms. The number of rotatable bonds is 8. The molecule has 1 aliphatic heterocycles. The van der Waals surface area contributed by atoms with Gasteiger partial charge in [-0.15, -0.1) is 0 Å². The molecule has 1 unspecified atom stereocenters. The second-order valence-electron chi connectivity index (χ2n) is 8.32. The number of carbonyl (C=O) groups is 4. The molecule has 196 valence electrons. The fourth-order valence-corrected chi connectivity index (χ4v) is 4.01. The van der Waals surface area contributed by atoms with Crippen molar-refractivity contribution in [1.29, 1.82) is 0 Å². The molecule has 1 atom stereocenters. The Morgan fingerprint density at radius 3 is 2.21 bits per heavy atom. The van der Waals surface area contributed by atoms with Crippen molar-refractivity contribution in [2.75, 3.05) is 19.1 Å². The summed E-state index contributed by atoms with van der Waals surface area (Å²) in [5.41, 5.74) is 3.01. The highest BCUT2D eigenvalue weighted by molar-refractivity contribution is 6.23. The minimum atomic E-state index is -1.20. The summed E-state index contributed by atoms with van der Waals surface area (Å²) in [5.74, 6) is -0.350. The number of imide groups is 1. The van der Waals surface area contributed by atoms with Crippen molar-refractivity contribution in [2.45, 2.75) is 25.8 Å². The first-order valence-electron chi connectivity index (χ1n) is 11.9. The van der Waals surface area contributed by atoms with E-state index in [1.165, 1.54) is 26.4 Å². The molecule has 0 aliphatic carbocycles. The Hall–Kier alpha value is -4.86. The van der Waals surface area contributed by atoms with Crippen LogP contribution in [0.25, 0.3) is 0 Å². The summed E-state index contributed by atoms with van der Waals surface area (Å²) >= 11 is 0. The summed E-state index contributed by atoms with van der Waals surface area (Å²) in [5, 5.41) is 0.937. The predicted molar refractivity (Wildman–Crippen MR) is 138 cm³/mol. The maximum atomic E-state index is 13.3. The van der Waals surface area contributed by atoms with E-state index in [-0.39, 0.29) is 18.4 Å². The van der Waals surface area contributed by atoms with Crippen LogP contribution in [-0.4, -0.2) is 48.9 Å². The third-order valence-electron chi connectivity index (χ3n) is 5.95. The van der Waals surface area contributed by atoms with E-state index < -0.39 is 29.7 Å². The van der Waals surface area contributed by atoms with E-state index in [4.69, 9.17) is 14.2 Å². The van der Waals surface area contributed by atoms with Gasteiger partial charge in [0.2, 0.25) is 11.8 Å². The van der Waals surface area contributed by atoms with Gasteiger partial charge < -0.3 is 14.2 Å². The Bertz CT molecular complexity index is 1340. The first-order chi connectivity index (χ1) is 18.4. The van der Waals surface area contributed by atoms with E-state index in [1.807, 2.05) is 30.3 Å². The molecular formula is C28H27N3O7. The zero-order valence-electron chi connectivity index (χ0n) is 21.2. The van der Waals surface area contributed by atoms with Crippen LogP contribution < -0.4 is 24.5 Å². The van der Waals surface area contributed by atoms with E-state index in [9.17, 15) is 19.2 Å². The molecule has 10 heteroatoms. The fourth-order valence-electron chi connectivity index (χ4n) is 4.01. The van der Waals surface area contributed by atoms with Crippen LogP contribution in [0.2, 0.25) is 0 Å². The number of carbonyl (C=O) groups excluding carboxylic acids is 4. The second-order valence-corrected chi connectivity index (χ2v) is 8.32. The van der Waals surface area contributed by atoms with Gasteiger partial charge in [-0.1, -0.05) is 25.1 Å². The molecular weight excluding hydrogens is 490 g/mol. The van der Waals surface area contributed by atoms with Gasteiger partial charge in [0.1, 0.15) is 17.5 Å².